The van der Waals surface area contributed by atoms with Gasteiger partial charge in [-0.2, -0.15) is 0 Å². The summed E-state index contributed by atoms with van der Waals surface area (Å²) in [6.07, 6.45) is 1.29. The zero-order chi connectivity index (χ0) is 18.5. The predicted octanol–water partition coefficient (Wildman–Crippen LogP) is 3.14. The monoisotopic (exact) mass is 484 g/mol. The third-order valence-corrected chi connectivity index (χ3v) is 5.57. The number of hydrogen-bond acceptors (Lipinski definition) is 5. The lowest BCUT2D eigenvalue weighted by atomic mass is 10.2. The minimum absolute atomic E-state index is 0.164. The molecule has 0 bridgehead atoms. The van der Waals surface area contributed by atoms with E-state index in [4.69, 9.17) is 4.74 Å². The standard InChI is InChI=1S/C18H17IN2O4S/c19-12-5-7-13(8-6-12)20-16(22)11-25-18(24)14-3-1-9-21(14)17(23)15-4-2-10-26-15/h2,4-8,10,14H,1,3,9,11H2,(H,20,22)/t14-/m0/s1. The number of hydrogen-bond donors (Lipinski definition) is 1. The van der Waals surface area contributed by atoms with Crippen LogP contribution < -0.4 is 5.32 Å². The first-order valence-corrected chi connectivity index (χ1v) is 10.1. The summed E-state index contributed by atoms with van der Waals surface area (Å²) < 4.78 is 6.20. The molecule has 6 nitrogen and oxygen atoms in total. The summed E-state index contributed by atoms with van der Waals surface area (Å²) in [5.74, 6) is -1.11. The zero-order valence-corrected chi connectivity index (χ0v) is 16.8. The van der Waals surface area contributed by atoms with E-state index in [1.54, 1.807) is 24.3 Å². The first-order valence-electron chi connectivity index (χ1n) is 8.11. The van der Waals surface area contributed by atoms with Crippen LogP contribution in [-0.2, 0) is 14.3 Å². The van der Waals surface area contributed by atoms with Crippen LogP contribution in [0.2, 0.25) is 0 Å². The average Bonchev–Trinajstić information content (AvgIpc) is 3.33. The number of rotatable bonds is 5. The molecule has 0 radical (unpaired) electrons. The van der Waals surface area contributed by atoms with Gasteiger partial charge in [-0.25, -0.2) is 4.79 Å². The molecular formula is C18H17IN2O4S. The molecule has 0 saturated carbocycles. The minimum Gasteiger partial charge on any atom is -0.454 e. The van der Waals surface area contributed by atoms with Gasteiger partial charge in [-0.3, -0.25) is 9.59 Å². The van der Waals surface area contributed by atoms with Gasteiger partial charge in [-0.15, -0.1) is 11.3 Å². The molecule has 0 spiro atoms. The van der Waals surface area contributed by atoms with E-state index in [1.807, 2.05) is 17.5 Å². The Kier molecular flexibility index (Phi) is 6.25. The zero-order valence-electron chi connectivity index (χ0n) is 13.8. The maximum atomic E-state index is 12.5. The molecule has 26 heavy (non-hydrogen) atoms. The normalized spacial score (nSPS) is 16.3. The molecule has 3 rings (SSSR count). The summed E-state index contributed by atoms with van der Waals surface area (Å²) in [7, 11) is 0. The average molecular weight is 484 g/mol. The van der Waals surface area contributed by atoms with Crippen LogP contribution in [0.5, 0.6) is 0 Å². The quantitative estimate of drug-likeness (QED) is 0.523. The number of ether oxygens (including phenoxy) is 1. The van der Waals surface area contributed by atoms with Gasteiger partial charge in [-0.1, -0.05) is 6.07 Å². The lowest BCUT2D eigenvalue weighted by Crippen LogP contribution is -2.41. The molecular weight excluding hydrogens is 467 g/mol. The molecule has 136 valence electrons. The van der Waals surface area contributed by atoms with Crippen LogP contribution in [0.4, 0.5) is 5.69 Å². The van der Waals surface area contributed by atoms with Gasteiger partial charge in [0.15, 0.2) is 6.61 Å². The summed E-state index contributed by atoms with van der Waals surface area (Å²) in [5, 5.41) is 4.50. The smallest absolute Gasteiger partial charge is 0.329 e. The number of nitrogens with one attached hydrogen (secondary N) is 1. The number of anilines is 1. The fourth-order valence-corrected chi connectivity index (χ4v) is 3.80. The molecule has 1 saturated heterocycles. The lowest BCUT2D eigenvalue weighted by Gasteiger charge is -2.22. The summed E-state index contributed by atoms with van der Waals surface area (Å²) in [5.41, 5.74) is 0.641. The van der Waals surface area contributed by atoms with Crippen molar-refractivity contribution in [1.29, 1.82) is 0 Å². The number of benzene rings is 1. The van der Waals surface area contributed by atoms with Crippen molar-refractivity contribution in [2.45, 2.75) is 18.9 Å². The van der Waals surface area contributed by atoms with Gasteiger partial charge in [0.2, 0.25) is 0 Å². The second kappa shape index (κ2) is 8.63. The van der Waals surface area contributed by atoms with Crippen LogP contribution in [0.1, 0.15) is 22.5 Å². The number of likely N-dealkylation sites (tertiary alicyclic amines) is 1. The largest absolute Gasteiger partial charge is 0.454 e. The molecule has 2 heterocycles. The van der Waals surface area contributed by atoms with Crippen LogP contribution in [0.25, 0.3) is 0 Å². The van der Waals surface area contributed by atoms with Gasteiger partial charge in [0, 0.05) is 15.8 Å². The molecule has 0 aliphatic carbocycles. The predicted molar refractivity (Wildman–Crippen MR) is 107 cm³/mol. The topological polar surface area (TPSA) is 75.7 Å². The molecule has 1 aromatic heterocycles. The number of carbonyl (C=O) groups is 3. The molecule has 8 heteroatoms. The van der Waals surface area contributed by atoms with E-state index < -0.39 is 17.9 Å². The van der Waals surface area contributed by atoms with Gasteiger partial charge >= 0.3 is 5.97 Å². The molecule has 1 N–H and O–H groups in total. The highest BCUT2D eigenvalue weighted by Gasteiger charge is 2.36. The van der Waals surface area contributed by atoms with Gasteiger partial charge in [0.25, 0.3) is 11.8 Å². The van der Waals surface area contributed by atoms with E-state index in [0.717, 1.165) is 9.99 Å². The SMILES string of the molecule is O=C(COC(=O)[C@@H]1CCCN1C(=O)c1cccs1)Nc1ccc(I)cc1. The maximum absolute atomic E-state index is 12.5. The molecule has 2 aromatic rings. The van der Waals surface area contributed by atoms with Crippen molar-refractivity contribution in [2.75, 3.05) is 18.5 Å². The first-order chi connectivity index (χ1) is 12.5. The van der Waals surface area contributed by atoms with Crippen LogP contribution in [-0.4, -0.2) is 41.9 Å². The molecule has 0 unspecified atom stereocenters. The molecule has 1 aromatic carbocycles. The van der Waals surface area contributed by atoms with Crippen LogP contribution in [0, 0.1) is 3.57 Å². The highest BCUT2D eigenvalue weighted by atomic mass is 127. The second-order valence-corrected chi connectivity index (χ2v) is 7.99. The second-order valence-electron chi connectivity index (χ2n) is 5.80. The number of esters is 1. The summed E-state index contributed by atoms with van der Waals surface area (Å²) in [6.45, 7) is 0.147. The number of nitrogens with zero attached hydrogens (tertiary/aromatic N) is 1. The maximum Gasteiger partial charge on any atom is 0.329 e. The number of carbonyl (C=O) groups excluding carboxylic acids is 3. The van der Waals surface area contributed by atoms with E-state index in [-0.39, 0.29) is 12.5 Å². The van der Waals surface area contributed by atoms with E-state index in [1.165, 1.54) is 16.2 Å². The molecule has 1 atom stereocenters. The number of halogens is 1. The molecule has 1 aliphatic rings. The van der Waals surface area contributed by atoms with Gasteiger partial charge in [-0.05, 0) is 71.1 Å². The summed E-state index contributed by atoms with van der Waals surface area (Å²) >= 11 is 3.52. The van der Waals surface area contributed by atoms with E-state index in [0.29, 0.717) is 23.5 Å². The third kappa shape index (κ3) is 4.61. The number of amides is 2. The third-order valence-electron chi connectivity index (χ3n) is 3.99. The Morgan fingerprint density at radius 3 is 2.69 bits per heavy atom. The summed E-state index contributed by atoms with van der Waals surface area (Å²) in [4.78, 5) is 38.9. The van der Waals surface area contributed by atoms with Crippen molar-refractivity contribution < 1.29 is 19.1 Å². The van der Waals surface area contributed by atoms with Crippen molar-refractivity contribution in [1.82, 2.24) is 4.90 Å². The Bertz CT molecular complexity index is 792. The molecule has 2 amide bonds. The van der Waals surface area contributed by atoms with Gasteiger partial charge in [0.1, 0.15) is 6.04 Å². The lowest BCUT2D eigenvalue weighted by molar-refractivity contribution is -0.151. The Hall–Kier alpha value is -1.94. The Balaban J connectivity index is 1.53. The molecule has 1 aliphatic heterocycles. The van der Waals surface area contributed by atoms with Crippen molar-refractivity contribution in [3.8, 4) is 0 Å². The highest BCUT2D eigenvalue weighted by Crippen LogP contribution is 2.23. The highest BCUT2D eigenvalue weighted by molar-refractivity contribution is 14.1. The Morgan fingerprint density at radius 1 is 1.23 bits per heavy atom. The van der Waals surface area contributed by atoms with Crippen molar-refractivity contribution in [3.63, 3.8) is 0 Å². The molecule has 1 fully saturated rings. The fraction of sp³-hybridized carbons (Fsp3) is 0.278. The van der Waals surface area contributed by atoms with E-state index >= 15 is 0 Å². The van der Waals surface area contributed by atoms with E-state index in [9.17, 15) is 14.4 Å². The Morgan fingerprint density at radius 2 is 2.00 bits per heavy atom. The fourth-order valence-electron chi connectivity index (χ4n) is 2.76. The van der Waals surface area contributed by atoms with Crippen molar-refractivity contribution in [2.24, 2.45) is 0 Å². The van der Waals surface area contributed by atoms with Crippen molar-refractivity contribution >= 4 is 57.4 Å². The minimum atomic E-state index is -0.629. The first kappa shape index (κ1) is 18.8. The van der Waals surface area contributed by atoms with Gasteiger partial charge < -0.3 is 15.0 Å². The van der Waals surface area contributed by atoms with Crippen LogP contribution in [0.15, 0.2) is 41.8 Å². The van der Waals surface area contributed by atoms with Gasteiger partial charge in [0.05, 0.1) is 4.88 Å². The van der Waals surface area contributed by atoms with Crippen LogP contribution in [0.3, 0.4) is 0 Å². The van der Waals surface area contributed by atoms with Crippen molar-refractivity contribution in [3.05, 3.63) is 50.2 Å². The van der Waals surface area contributed by atoms with Crippen LogP contribution >= 0.6 is 33.9 Å². The summed E-state index contributed by atoms with van der Waals surface area (Å²) in [6, 6.07) is 10.2. The number of thiophene rings is 1. The Labute approximate surface area is 168 Å². The van der Waals surface area contributed by atoms with E-state index in [2.05, 4.69) is 27.9 Å².